The van der Waals surface area contributed by atoms with Crippen molar-refractivity contribution < 1.29 is 26.8 Å². The van der Waals surface area contributed by atoms with E-state index in [4.69, 9.17) is 4.43 Å². The predicted molar refractivity (Wildman–Crippen MR) is 154 cm³/mol. The number of alkyl halides is 4. The van der Waals surface area contributed by atoms with E-state index >= 15 is 0 Å². The van der Waals surface area contributed by atoms with E-state index in [0.29, 0.717) is 42.5 Å². The molecule has 0 aliphatic carbocycles. The summed E-state index contributed by atoms with van der Waals surface area (Å²) in [5, 5.41) is 0.506. The fourth-order valence-corrected chi connectivity index (χ4v) is 6.10. The third kappa shape index (κ3) is 7.21. The SMILES string of the molecule is Cc1cc(C(F)(F)F)cc(N2CC[C@@H](O[Si](C)(C)C(C)(C)C)[C@H]2C(=O)N(CCCBr)c2ccc(F)c(C)c2)n1. The Balaban J connectivity index is 2.12. The molecule has 1 amide bonds. The quantitative estimate of drug-likeness (QED) is 0.171. The molecular formula is C28H38BrF4N3O2Si. The van der Waals surface area contributed by atoms with E-state index in [9.17, 15) is 22.4 Å². The molecule has 0 spiro atoms. The molecule has 0 radical (unpaired) electrons. The number of hydrogen-bond donors (Lipinski definition) is 0. The van der Waals surface area contributed by atoms with Gasteiger partial charge in [-0.25, -0.2) is 9.37 Å². The van der Waals surface area contributed by atoms with Gasteiger partial charge in [0, 0.05) is 29.8 Å². The first-order valence-electron chi connectivity index (χ1n) is 13.1. The van der Waals surface area contributed by atoms with Crippen LogP contribution in [0.1, 0.15) is 50.4 Å². The lowest BCUT2D eigenvalue weighted by molar-refractivity contribution is -0.137. The summed E-state index contributed by atoms with van der Waals surface area (Å²) in [6, 6.07) is 5.63. The van der Waals surface area contributed by atoms with E-state index < -0.39 is 32.2 Å². The molecule has 2 heterocycles. The Morgan fingerprint density at radius 1 is 1.18 bits per heavy atom. The molecule has 1 saturated heterocycles. The number of pyridine rings is 1. The molecule has 1 aromatic heterocycles. The summed E-state index contributed by atoms with van der Waals surface area (Å²) in [5.41, 5.74) is 0.336. The number of anilines is 2. The first-order valence-corrected chi connectivity index (χ1v) is 17.1. The predicted octanol–water partition coefficient (Wildman–Crippen LogP) is 7.64. The van der Waals surface area contributed by atoms with Crippen LogP contribution in [0.15, 0.2) is 30.3 Å². The van der Waals surface area contributed by atoms with Crippen molar-refractivity contribution in [2.24, 2.45) is 0 Å². The van der Waals surface area contributed by atoms with Crippen LogP contribution in [0.4, 0.5) is 29.1 Å². The van der Waals surface area contributed by atoms with Crippen LogP contribution < -0.4 is 9.80 Å². The maximum absolute atomic E-state index is 14.4. The molecule has 1 aromatic carbocycles. The molecule has 1 aliphatic rings. The van der Waals surface area contributed by atoms with E-state index in [1.165, 1.54) is 13.0 Å². The van der Waals surface area contributed by atoms with Gasteiger partial charge in [0.2, 0.25) is 0 Å². The first kappa shape index (κ1) is 31.5. The Bertz CT molecular complexity index is 1190. The molecule has 5 nitrogen and oxygen atoms in total. The number of hydrogen-bond acceptors (Lipinski definition) is 4. The Morgan fingerprint density at radius 2 is 1.85 bits per heavy atom. The summed E-state index contributed by atoms with van der Waals surface area (Å²) in [7, 11) is -2.35. The number of amides is 1. The lowest BCUT2D eigenvalue weighted by atomic mass is 10.1. The van der Waals surface area contributed by atoms with Crippen molar-refractivity contribution in [3.8, 4) is 0 Å². The van der Waals surface area contributed by atoms with Gasteiger partial charge in [-0.1, -0.05) is 36.7 Å². The Labute approximate surface area is 238 Å². The van der Waals surface area contributed by atoms with Crippen molar-refractivity contribution in [2.75, 3.05) is 28.2 Å². The normalized spacial score (nSPS) is 18.5. The number of rotatable bonds is 8. The molecule has 2 atom stereocenters. The molecule has 1 fully saturated rings. The zero-order chi connectivity index (χ0) is 29.3. The molecule has 0 unspecified atom stereocenters. The van der Waals surface area contributed by atoms with E-state index in [2.05, 4.69) is 54.8 Å². The molecule has 39 heavy (non-hydrogen) atoms. The number of nitrogens with zero attached hydrogens (tertiary/aromatic N) is 3. The highest BCUT2D eigenvalue weighted by molar-refractivity contribution is 9.09. The van der Waals surface area contributed by atoms with Crippen LogP contribution in [-0.2, 0) is 15.4 Å². The summed E-state index contributed by atoms with van der Waals surface area (Å²) >= 11 is 3.42. The van der Waals surface area contributed by atoms with Gasteiger partial charge in [-0.3, -0.25) is 4.79 Å². The van der Waals surface area contributed by atoms with Gasteiger partial charge in [0.1, 0.15) is 17.7 Å². The summed E-state index contributed by atoms with van der Waals surface area (Å²) in [4.78, 5) is 22.1. The topological polar surface area (TPSA) is 45.7 Å². The molecule has 0 saturated carbocycles. The van der Waals surface area contributed by atoms with Gasteiger partial charge < -0.3 is 14.2 Å². The first-order chi connectivity index (χ1) is 18.0. The summed E-state index contributed by atoms with van der Waals surface area (Å²) in [6.07, 6.45) is -3.99. The molecular weight excluding hydrogens is 594 g/mol. The molecule has 1 aliphatic heterocycles. The van der Waals surface area contributed by atoms with E-state index in [1.54, 1.807) is 28.9 Å². The van der Waals surface area contributed by atoms with Crippen LogP contribution in [0.3, 0.4) is 0 Å². The van der Waals surface area contributed by atoms with E-state index in [0.717, 1.165) is 12.1 Å². The fraction of sp³-hybridized carbons (Fsp3) is 0.571. The molecule has 216 valence electrons. The molecule has 0 bridgehead atoms. The second-order valence-corrected chi connectivity index (χ2v) is 17.2. The third-order valence-electron chi connectivity index (χ3n) is 7.64. The highest BCUT2D eigenvalue weighted by atomic mass is 79.9. The molecule has 2 aromatic rings. The maximum Gasteiger partial charge on any atom is 0.416 e. The van der Waals surface area contributed by atoms with Crippen molar-refractivity contribution in [1.82, 2.24) is 4.98 Å². The number of carbonyl (C=O) groups is 1. The lowest BCUT2D eigenvalue weighted by Gasteiger charge is -2.41. The van der Waals surface area contributed by atoms with Crippen LogP contribution in [-0.4, -0.2) is 49.8 Å². The smallest absolute Gasteiger partial charge is 0.411 e. The number of aromatic nitrogens is 1. The van der Waals surface area contributed by atoms with Crippen molar-refractivity contribution in [3.63, 3.8) is 0 Å². The van der Waals surface area contributed by atoms with Crippen molar-refractivity contribution in [2.45, 2.75) is 83.9 Å². The Kier molecular flexibility index (Phi) is 9.59. The minimum Gasteiger partial charge on any atom is -0.411 e. The number of halogens is 5. The van der Waals surface area contributed by atoms with Gasteiger partial charge in [0.25, 0.3) is 5.91 Å². The van der Waals surface area contributed by atoms with Crippen molar-refractivity contribution in [3.05, 3.63) is 53.0 Å². The lowest BCUT2D eigenvalue weighted by Crippen LogP contribution is -2.54. The van der Waals surface area contributed by atoms with Crippen LogP contribution >= 0.6 is 15.9 Å². The van der Waals surface area contributed by atoms with Gasteiger partial charge in [0.15, 0.2) is 8.32 Å². The van der Waals surface area contributed by atoms with Gasteiger partial charge >= 0.3 is 6.18 Å². The van der Waals surface area contributed by atoms with Crippen LogP contribution in [0.2, 0.25) is 18.1 Å². The monoisotopic (exact) mass is 631 g/mol. The second kappa shape index (κ2) is 11.9. The standard InChI is InChI=1S/C28H38BrF4N3O2Si/c1-18-15-21(9-10-22(18)30)35(13-8-12-29)26(37)25-23(38-39(6,7)27(3,4)5)11-14-36(25)24-17-20(28(31,32)33)16-19(2)34-24/h9-10,15-17,23,25H,8,11-14H2,1-7H3/t23-,25+/m1/s1. The minimum atomic E-state index is -4.55. The summed E-state index contributed by atoms with van der Waals surface area (Å²) in [5.74, 6) is -0.588. The van der Waals surface area contributed by atoms with Crippen molar-refractivity contribution >= 4 is 41.7 Å². The number of aryl methyl sites for hydroxylation is 2. The van der Waals surface area contributed by atoms with Crippen LogP contribution in [0.5, 0.6) is 0 Å². The largest absolute Gasteiger partial charge is 0.416 e. The zero-order valence-electron chi connectivity index (χ0n) is 23.6. The summed E-state index contributed by atoms with van der Waals surface area (Å²) in [6.45, 7) is 14.3. The molecule has 11 heteroatoms. The minimum absolute atomic E-state index is 0.0951. The van der Waals surface area contributed by atoms with Crippen LogP contribution in [0, 0.1) is 19.7 Å². The Hall–Kier alpha value is -1.98. The van der Waals surface area contributed by atoms with Gasteiger partial charge in [-0.05, 0) is 80.7 Å². The van der Waals surface area contributed by atoms with Crippen LogP contribution in [0.25, 0.3) is 0 Å². The van der Waals surface area contributed by atoms with Gasteiger partial charge in [0.05, 0.1) is 11.7 Å². The fourth-order valence-electron chi connectivity index (χ4n) is 4.49. The highest BCUT2D eigenvalue weighted by Gasteiger charge is 2.48. The molecule has 0 N–H and O–H groups in total. The third-order valence-corrected chi connectivity index (χ3v) is 12.7. The average molecular weight is 633 g/mol. The van der Waals surface area contributed by atoms with E-state index in [1.807, 2.05) is 0 Å². The summed E-state index contributed by atoms with van der Waals surface area (Å²) < 4.78 is 62.0. The molecule has 3 rings (SSSR count). The maximum atomic E-state index is 14.4. The highest BCUT2D eigenvalue weighted by Crippen LogP contribution is 2.41. The van der Waals surface area contributed by atoms with E-state index in [-0.39, 0.29) is 28.3 Å². The average Bonchev–Trinajstić information content (AvgIpc) is 3.22. The second-order valence-electron chi connectivity index (χ2n) is 11.7. The Morgan fingerprint density at radius 3 is 2.41 bits per heavy atom. The van der Waals surface area contributed by atoms with Crippen molar-refractivity contribution in [1.29, 1.82) is 0 Å². The van der Waals surface area contributed by atoms with Gasteiger partial charge in [-0.15, -0.1) is 0 Å². The number of carbonyl (C=O) groups excluding carboxylic acids is 1. The van der Waals surface area contributed by atoms with Gasteiger partial charge in [-0.2, -0.15) is 13.2 Å². The number of benzene rings is 1. The zero-order valence-corrected chi connectivity index (χ0v) is 26.2.